The second kappa shape index (κ2) is 5.26. The first-order chi connectivity index (χ1) is 10.8. The largest absolute Gasteiger partial charge is 0.497 e. The number of methoxy groups -OCH3 is 1. The summed E-state index contributed by atoms with van der Waals surface area (Å²) in [7, 11) is 1.53. The van der Waals surface area contributed by atoms with Gasteiger partial charge in [0.2, 0.25) is 0 Å². The van der Waals surface area contributed by atoms with Gasteiger partial charge in [-0.05, 0) is 37.6 Å². The van der Waals surface area contributed by atoms with Crippen LogP contribution in [0.15, 0.2) is 30.3 Å². The quantitative estimate of drug-likeness (QED) is 0.715. The molecule has 0 aliphatic heterocycles. The third kappa shape index (κ3) is 2.62. The minimum absolute atomic E-state index is 0.183. The third-order valence-corrected chi connectivity index (χ3v) is 3.54. The second-order valence-corrected chi connectivity index (χ2v) is 5.21. The maximum atomic E-state index is 13.3. The van der Waals surface area contributed by atoms with Crippen molar-refractivity contribution in [2.45, 2.75) is 20.0 Å². The predicted octanol–water partition coefficient (Wildman–Crippen LogP) is 4.04. The molecule has 0 atom stereocenters. The van der Waals surface area contributed by atoms with Crippen LogP contribution in [0.2, 0.25) is 0 Å². The minimum Gasteiger partial charge on any atom is -0.497 e. The zero-order valence-electron chi connectivity index (χ0n) is 12.8. The number of aromatic nitrogens is 3. The number of rotatable bonds is 2. The van der Waals surface area contributed by atoms with E-state index in [0.717, 1.165) is 10.6 Å². The van der Waals surface area contributed by atoms with Crippen LogP contribution in [0.4, 0.5) is 13.2 Å². The summed E-state index contributed by atoms with van der Waals surface area (Å²) >= 11 is 0. The zero-order chi connectivity index (χ0) is 16.8. The molecule has 7 heteroatoms. The molecule has 0 fully saturated rings. The lowest BCUT2D eigenvalue weighted by Gasteiger charge is -2.10. The van der Waals surface area contributed by atoms with Gasteiger partial charge in [0.05, 0.1) is 12.8 Å². The molecule has 0 bridgehead atoms. The highest BCUT2D eigenvalue weighted by Crippen LogP contribution is 2.34. The van der Waals surface area contributed by atoms with Crippen LogP contribution in [0.1, 0.15) is 17.1 Å². The van der Waals surface area contributed by atoms with E-state index in [0.29, 0.717) is 22.6 Å². The topological polar surface area (TPSA) is 39.4 Å². The van der Waals surface area contributed by atoms with Gasteiger partial charge in [-0.25, -0.2) is 9.50 Å². The van der Waals surface area contributed by atoms with Gasteiger partial charge in [0.25, 0.3) is 0 Å². The van der Waals surface area contributed by atoms with Crippen LogP contribution in [0.3, 0.4) is 0 Å². The fraction of sp³-hybridized carbons (Fsp3) is 0.250. The summed E-state index contributed by atoms with van der Waals surface area (Å²) in [6.07, 6.45) is -4.50. The average Bonchev–Trinajstić information content (AvgIpc) is 2.81. The van der Waals surface area contributed by atoms with Gasteiger partial charge in [-0.2, -0.15) is 18.3 Å². The Hall–Kier alpha value is -2.57. The Morgan fingerprint density at radius 3 is 2.52 bits per heavy atom. The lowest BCUT2D eigenvalue weighted by molar-refractivity contribution is -0.142. The predicted molar refractivity (Wildman–Crippen MR) is 79.5 cm³/mol. The van der Waals surface area contributed by atoms with Crippen LogP contribution in [0.25, 0.3) is 16.8 Å². The molecular weight excluding hydrogens is 307 g/mol. The van der Waals surface area contributed by atoms with Crippen molar-refractivity contribution >= 4 is 5.65 Å². The molecule has 0 saturated carbocycles. The van der Waals surface area contributed by atoms with Crippen molar-refractivity contribution in [1.29, 1.82) is 0 Å². The van der Waals surface area contributed by atoms with Crippen molar-refractivity contribution in [2.75, 3.05) is 7.11 Å². The van der Waals surface area contributed by atoms with Gasteiger partial charge in [-0.1, -0.05) is 12.1 Å². The van der Waals surface area contributed by atoms with Crippen LogP contribution < -0.4 is 4.74 Å². The zero-order valence-corrected chi connectivity index (χ0v) is 12.8. The van der Waals surface area contributed by atoms with Crippen LogP contribution in [0.5, 0.6) is 5.75 Å². The number of benzene rings is 1. The minimum atomic E-state index is -4.50. The standard InChI is InChI=1S/C16H14F3N3O/c1-9-7-13(16(17,18)19)22-15(20-9)14(10(2)21-22)11-5-4-6-12(8-11)23-3/h4-8H,1-3H3. The molecule has 4 nitrogen and oxygen atoms in total. The number of hydrogen-bond acceptors (Lipinski definition) is 3. The number of aryl methyl sites for hydroxylation is 2. The summed E-state index contributed by atoms with van der Waals surface area (Å²) in [5.74, 6) is 0.616. The molecule has 0 N–H and O–H groups in total. The molecule has 2 heterocycles. The first-order valence-electron chi connectivity index (χ1n) is 6.90. The molecule has 0 saturated heterocycles. The SMILES string of the molecule is COc1cccc(-c2c(C)nn3c(C(F)(F)F)cc(C)nc23)c1. The highest BCUT2D eigenvalue weighted by atomic mass is 19.4. The second-order valence-electron chi connectivity index (χ2n) is 5.21. The van der Waals surface area contributed by atoms with Gasteiger partial charge in [0.15, 0.2) is 5.65 Å². The van der Waals surface area contributed by atoms with E-state index >= 15 is 0 Å². The van der Waals surface area contributed by atoms with Crippen LogP contribution in [-0.2, 0) is 6.18 Å². The molecule has 0 radical (unpaired) electrons. The number of alkyl halides is 3. The Balaban J connectivity index is 2.34. The van der Waals surface area contributed by atoms with Crippen molar-refractivity contribution in [2.24, 2.45) is 0 Å². The number of nitrogens with zero attached hydrogens (tertiary/aromatic N) is 3. The van der Waals surface area contributed by atoms with Gasteiger partial charge < -0.3 is 4.74 Å². The molecule has 1 aromatic carbocycles. The van der Waals surface area contributed by atoms with Gasteiger partial charge >= 0.3 is 6.18 Å². The van der Waals surface area contributed by atoms with Crippen molar-refractivity contribution in [3.05, 3.63) is 47.4 Å². The van der Waals surface area contributed by atoms with E-state index in [-0.39, 0.29) is 11.3 Å². The summed E-state index contributed by atoms with van der Waals surface area (Å²) in [6.45, 7) is 3.20. The van der Waals surface area contributed by atoms with Crippen molar-refractivity contribution in [1.82, 2.24) is 14.6 Å². The Morgan fingerprint density at radius 1 is 1.13 bits per heavy atom. The Kier molecular flexibility index (Phi) is 3.50. The molecule has 120 valence electrons. The molecule has 3 rings (SSSR count). The number of ether oxygens (including phenoxy) is 1. The fourth-order valence-electron chi connectivity index (χ4n) is 2.56. The van der Waals surface area contributed by atoms with Gasteiger partial charge in [0, 0.05) is 11.3 Å². The molecular formula is C16H14F3N3O. The summed E-state index contributed by atoms with van der Waals surface area (Å²) in [5, 5.41) is 4.05. The fourth-order valence-corrected chi connectivity index (χ4v) is 2.56. The Morgan fingerprint density at radius 2 is 1.87 bits per heavy atom. The first kappa shape index (κ1) is 15.3. The van der Waals surface area contributed by atoms with Gasteiger partial charge in [0.1, 0.15) is 11.4 Å². The van der Waals surface area contributed by atoms with Gasteiger partial charge in [-0.3, -0.25) is 0 Å². The smallest absolute Gasteiger partial charge is 0.433 e. The molecule has 0 aliphatic rings. The Bertz CT molecular complexity index is 884. The highest BCUT2D eigenvalue weighted by Gasteiger charge is 2.35. The molecule has 0 amide bonds. The number of fused-ring (bicyclic) bond motifs is 1. The maximum Gasteiger partial charge on any atom is 0.433 e. The molecule has 23 heavy (non-hydrogen) atoms. The highest BCUT2D eigenvalue weighted by molar-refractivity contribution is 5.80. The van der Waals surface area contributed by atoms with Gasteiger partial charge in [-0.15, -0.1) is 0 Å². The van der Waals surface area contributed by atoms with E-state index in [9.17, 15) is 13.2 Å². The van der Waals surface area contributed by atoms with Crippen molar-refractivity contribution in [3.8, 4) is 16.9 Å². The van der Waals surface area contributed by atoms with E-state index in [1.807, 2.05) is 0 Å². The molecule has 0 spiro atoms. The Labute approximate surface area is 130 Å². The summed E-state index contributed by atoms with van der Waals surface area (Å²) in [6, 6.07) is 8.09. The van der Waals surface area contributed by atoms with Crippen LogP contribution in [-0.4, -0.2) is 21.7 Å². The molecule has 2 aromatic heterocycles. The monoisotopic (exact) mass is 321 g/mol. The lowest BCUT2D eigenvalue weighted by atomic mass is 10.1. The summed E-state index contributed by atoms with van der Waals surface area (Å²) in [4.78, 5) is 4.26. The third-order valence-electron chi connectivity index (χ3n) is 3.54. The molecule has 3 aromatic rings. The first-order valence-corrected chi connectivity index (χ1v) is 6.90. The van der Waals surface area contributed by atoms with E-state index in [1.54, 1.807) is 31.2 Å². The van der Waals surface area contributed by atoms with E-state index in [4.69, 9.17) is 4.74 Å². The van der Waals surface area contributed by atoms with Crippen molar-refractivity contribution < 1.29 is 17.9 Å². The summed E-state index contributed by atoms with van der Waals surface area (Å²) in [5.41, 5.74) is 1.39. The van der Waals surface area contributed by atoms with E-state index in [1.165, 1.54) is 14.0 Å². The maximum absolute atomic E-state index is 13.3. The van der Waals surface area contributed by atoms with Crippen molar-refractivity contribution in [3.63, 3.8) is 0 Å². The lowest BCUT2D eigenvalue weighted by Crippen LogP contribution is -2.13. The number of halogens is 3. The molecule has 0 unspecified atom stereocenters. The van der Waals surface area contributed by atoms with Crippen LogP contribution in [0, 0.1) is 13.8 Å². The van der Waals surface area contributed by atoms with E-state index in [2.05, 4.69) is 10.1 Å². The average molecular weight is 321 g/mol. The van der Waals surface area contributed by atoms with E-state index < -0.39 is 11.9 Å². The number of hydrogen-bond donors (Lipinski definition) is 0. The normalized spacial score (nSPS) is 11.9. The van der Waals surface area contributed by atoms with Crippen LogP contribution >= 0.6 is 0 Å². The molecule has 0 aliphatic carbocycles. The summed E-state index contributed by atoms with van der Waals surface area (Å²) < 4.78 is 45.8.